The number of amides is 1. The predicted molar refractivity (Wildman–Crippen MR) is 88.7 cm³/mol. The molecule has 0 spiro atoms. The molecule has 4 nitrogen and oxygen atoms in total. The molecule has 0 aliphatic carbocycles. The molecule has 1 aromatic carbocycles. The Morgan fingerprint density at radius 3 is 2.48 bits per heavy atom. The Bertz CT molecular complexity index is 635. The van der Waals surface area contributed by atoms with E-state index in [1.807, 2.05) is 0 Å². The molecule has 1 amide bonds. The van der Waals surface area contributed by atoms with Gasteiger partial charge in [0.05, 0.1) is 15.5 Å². The smallest absolute Gasteiger partial charge is 0.261 e. The van der Waals surface area contributed by atoms with Crippen molar-refractivity contribution in [3.05, 3.63) is 27.2 Å². The van der Waals surface area contributed by atoms with Crippen molar-refractivity contribution in [3.8, 4) is 0 Å². The Labute approximate surface area is 143 Å². The summed E-state index contributed by atoms with van der Waals surface area (Å²) in [5.41, 5.74) is 0.115. The molecule has 0 saturated heterocycles. The first-order valence-electron chi connectivity index (χ1n) is 6.37. The molecule has 0 fully saturated rings. The molecule has 0 aromatic heterocycles. The molecule has 0 unspecified atom stereocenters. The Morgan fingerprint density at radius 1 is 1.33 bits per heavy atom. The van der Waals surface area contributed by atoms with Crippen LogP contribution in [0.3, 0.4) is 0 Å². The van der Waals surface area contributed by atoms with E-state index in [9.17, 15) is 13.2 Å². The monoisotopic (exact) mass is 415 g/mol. The number of hydrogen-bond donors (Lipinski definition) is 0. The number of unbranched alkanes of at least 4 members (excludes halogenated alkanes) is 2. The minimum absolute atomic E-state index is 0.115. The first-order chi connectivity index (χ1) is 9.68. The van der Waals surface area contributed by atoms with Gasteiger partial charge in [-0.2, -0.15) is 0 Å². The van der Waals surface area contributed by atoms with Gasteiger partial charge >= 0.3 is 0 Å². The second kappa shape index (κ2) is 7.81. The van der Waals surface area contributed by atoms with Crippen molar-refractivity contribution in [2.75, 3.05) is 13.6 Å². The average Bonchev–Trinajstić information content (AvgIpc) is 2.39. The van der Waals surface area contributed by atoms with Gasteiger partial charge in [0.1, 0.15) is 0 Å². The van der Waals surface area contributed by atoms with E-state index in [1.165, 1.54) is 17.0 Å². The summed E-state index contributed by atoms with van der Waals surface area (Å²) >= 11 is 9.23. The molecule has 0 aliphatic heterocycles. The minimum Gasteiger partial charge on any atom is -0.342 e. The molecule has 0 aliphatic rings. The van der Waals surface area contributed by atoms with Crippen molar-refractivity contribution in [2.45, 2.75) is 31.1 Å². The Morgan fingerprint density at radius 2 is 1.95 bits per heavy atom. The van der Waals surface area contributed by atoms with E-state index in [0.29, 0.717) is 11.0 Å². The quantitative estimate of drug-likeness (QED) is 0.513. The van der Waals surface area contributed by atoms with Crippen molar-refractivity contribution in [2.24, 2.45) is 0 Å². The van der Waals surface area contributed by atoms with Gasteiger partial charge in [0.2, 0.25) is 0 Å². The molecule has 0 bridgehead atoms. The predicted octanol–water partition coefficient (Wildman–Crippen LogP) is 4.29. The zero-order valence-electron chi connectivity index (χ0n) is 11.7. The van der Waals surface area contributed by atoms with Crippen molar-refractivity contribution >= 4 is 53.2 Å². The highest BCUT2D eigenvalue weighted by Crippen LogP contribution is 2.31. The molecule has 0 heterocycles. The molecular weight excluding hydrogens is 401 g/mol. The maximum atomic E-state index is 12.4. The zero-order valence-corrected chi connectivity index (χ0v) is 15.6. The lowest BCUT2D eigenvalue weighted by atomic mass is 10.2. The van der Waals surface area contributed by atoms with Crippen LogP contribution < -0.4 is 0 Å². The van der Waals surface area contributed by atoms with Gasteiger partial charge in [0.25, 0.3) is 15.0 Å². The lowest BCUT2D eigenvalue weighted by Gasteiger charge is -2.18. The number of hydrogen-bond acceptors (Lipinski definition) is 3. The summed E-state index contributed by atoms with van der Waals surface area (Å²) in [6, 6.07) is 2.48. The van der Waals surface area contributed by atoms with E-state index < -0.39 is 9.05 Å². The Kier molecular flexibility index (Phi) is 6.97. The van der Waals surface area contributed by atoms with Crippen LogP contribution in [-0.4, -0.2) is 32.8 Å². The molecule has 8 heteroatoms. The summed E-state index contributed by atoms with van der Waals surface area (Å²) in [6.07, 6.45) is 2.95. The molecule has 0 N–H and O–H groups in total. The third-order valence-electron chi connectivity index (χ3n) is 2.96. The largest absolute Gasteiger partial charge is 0.342 e. The lowest BCUT2D eigenvalue weighted by molar-refractivity contribution is 0.0792. The highest BCUT2D eigenvalue weighted by molar-refractivity contribution is 9.10. The van der Waals surface area contributed by atoms with Crippen LogP contribution in [0.1, 0.15) is 36.5 Å². The van der Waals surface area contributed by atoms with Gasteiger partial charge in [0.15, 0.2) is 0 Å². The molecular formula is C13H16BrCl2NO3S. The SMILES string of the molecule is CCCCCN(C)C(=O)c1cc(S(=O)(=O)Cl)cc(Br)c1Cl. The van der Waals surface area contributed by atoms with Crippen LogP contribution in [0, 0.1) is 0 Å². The van der Waals surface area contributed by atoms with Gasteiger partial charge in [-0.05, 0) is 34.5 Å². The summed E-state index contributed by atoms with van der Waals surface area (Å²) in [7, 11) is 3.05. The molecule has 118 valence electrons. The zero-order chi connectivity index (χ0) is 16.2. The first kappa shape index (κ1) is 18.7. The van der Waals surface area contributed by atoms with Crippen LogP contribution in [0.4, 0.5) is 0 Å². The van der Waals surface area contributed by atoms with Crippen LogP contribution in [-0.2, 0) is 9.05 Å². The number of halogens is 3. The van der Waals surface area contributed by atoms with Crippen LogP contribution in [0.25, 0.3) is 0 Å². The highest BCUT2D eigenvalue weighted by atomic mass is 79.9. The van der Waals surface area contributed by atoms with E-state index >= 15 is 0 Å². The second-order valence-corrected chi connectivity index (χ2v) is 8.44. The van der Waals surface area contributed by atoms with Gasteiger partial charge in [-0.1, -0.05) is 31.4 Å². The van der Waals surface area contributed by atoms with E-state index in [4.69, 9.17) is 22.3 Å². The maximum Gasteiger partial charge on any atom is 0.261 e. The van der Waals surface area contributed by atoms with Gasteiger partial charge in [-0.25, -0.2) is 8.42 Å². The van der Waals surface area contributed by atoms with Crippen LogP contribution >= 0.6 is 38.2 Å². The van der Waals surface area contributed by atoms with Crippen LogP contribution in [0.15, 0.2) is 21.5 Å². The average molecular weight is 417 g/mol. The number of carbonyl (C=O) groups is 1. The van der Waals surface area contributed by atoms with E-state index in [1.54, 1.807) is 7.05 Å². The second-order valence-electron chi connectivity index (χ2n) is 4.64. The summed E-state index contributed by atoms with van der Waals surface area (Å²) in [5.74, 6) is -0.334. The van der Waals surface area contributed by atoms with Crippen molar-refractivity contribution in [1.29, 1.82) is 0 Å². The molecule has 0 radical (unpaired) electrons. The lowest BCUT2D eigenvalue weighted by Crippen LogP contribution is -2.28. The fraction of sp³-hybridized carbons (Fsp3) is 0.462. The van der Waals surface area contributed by atoms with Crippen molar-refractivity contribution in [3.63, 3.8) is 0 Å². The summed E-state index contributed by atoms with van der Waals surface area (Å²) in [6.45, 7) is 2.66. The minimum atomic E-state index is -3.93. The topological polar surface area (TPSA) is 54.5 Å². The normalized spacial score (nSPS) is 11.5. The molecule has 1 rings (SSSR count). The van der Waals surface area contributed by atoms with Crippen LogP contribution in [0.2, 0.25) is 5.02 Å². The van der Waals surface area contributed by atoms with E-state index in [-0.39, 0.29) is 21.4 Å². The molecule has 1 aromatic rings. The van der Waals surface area contributed by atoms with Crippen molar-refractivity contribution < 1.29 is 13.2 Å². The summed E-state index contributed by atoms with van der Waals surface area (Å²) in [5, 5.41) is 0.173. The van der Waals surface area contributed by atoms with Gasteiger partial charge in [-0.3, -0.25) is 4.79 Å². The molecule has 0 atom stereocenters. The number of rotatable bonds is 6. The summed E-state index contributed by atoms with van der Waals surface area (Å²) < 4.78 is 23.2. The van der Waals surface area contributed by atoms with Gasteiger partial charge in [0, 0.05) is 28.7 Å². The van der Waals surface area contributed by atoms with E-state index in [2.05, 4.69) is 22.9 Å². The maximum absolute atomic E-state index is 12.4. The fourth-order valence-corrected chi connectivity index (χ4v) is 3.35. The van der Waals surface area contributed by atoms with Crippen LogP contribution in [0.5, 0.6) is 0 Å². The number of carbonyl (C=O) groups excluding carboxylic acids is 1. The van der Waals surface area contributed by atoms with Crippen molar-refractivity contribution in [1.82, 2.24) is 4.90 Å². The summed E-state index contributed by atoms with van der Waals surface area (Å²) in [4.78, 5) is 13.7. The molecule has 0 saturated carbocycles. The number of nitrogens with zero attached hydrogens (tertiary/aromatic N) is 1. The van der Waals surface area contributed by atoms with Gasteiger partial charge in [-0.15, -0.1) is 0 Å². The fourth-order valence-electron chi connectivity index (χ4n) is 1.77. The Hall–Kier alpha value is -0.300. The third kappa shape index (κ3) is 5.13. The number of benzene rings is 1. The highest BCUT2D eigenvalue weighted by Gasteiger charge is 2.21. The van der Waals surface area contributed by atoms with E-state index in [0.717, 1.165) is 19.3 Å². The Balaban J connectivity index is 3.11. The standard InChI is InChI=1S/C13H16BrCl2NO3S/c1-3-4-5-6-17(2)13(18)10-7-9(21(16,19)20)8-11(14)12(10)15/h7-8H,3-6H2,1-2H3. The third-order valence-corrected chi connectivity index (χ3v) is 5.55. The molecule has 21 heavy (non-hydrogen) atoms. The first-order valence-corrected chi connectivity index (χ1v) is 9.85. The van der Waals surface area contributed by atoms with Gasteiger partial charge < -0.3 is 4.90 Å².